The van der Waals surface area contributed by atoms with Gasteiger partial charge in [-0.3, -0.25) is 9.48 Å². The molecule has 2 rings (SSSR count). The topological polar surface area (TPSA) is 60.9 Å². The van der Waals surface area contributed by atoms with Crippen LogP contribution in [0.5, 0.6) is 0 Å². The second-order valence-corrected chi connectivity index (χ2v) is 4.65. The number of amides is 1. The van der Waals surface area contributed by atoms with Crippen LogP contribution in [0.3, 0.4) is 0 Å². The Bertz CT molecular complexity index is 584. The quantitative estimate of drug-likeness (QED) is 0.900. The minimum Gasteiger partial charge on any atom is -0.366 e. The maximum absolute atomic E-state index is 11.2. The molecule has 18 heavy (non-hydrogen) atoms. The lowest BCUT2D eigenvalue weighted by atomic mass is 10.0. The lowest BCUT2D eigenvalue weighted by Crippen LogP contribution is -2.12. The molecule has 4 nitrogen and oxygen atoms in total. The van der Waals surface area contributed by atoms with Crippen molar-refractivity contribution in [3.63, 3.8) is 0 Å². The van der Waals surface area contributed by atoms with Crippen LogP contribution in [0.15, 0.2) is 30.5 Å². The van der Waals surface area contributed by atoms with Crippen molar-refractivity contribution in [3.05, 3.63) is 41.6 Å². The Morgan fingerprint density at radius 2 is 2.06 bits per heavy atom. The number of carbonyl (C=O) groups excluding carboxylic acids is 1. The Balaban J connectivity index is 2.49. The second-order valence-electron chi connectivity index (χ2n) is 4.65. The molecule has 2 aromatic rings. The van der Waals surface area contributed by atoms with E-state index in [1.54, 1.807) is 12.3 Å². The molecule has 0 bridgehead atoms. The van der Waals surface area contributed by atoms with Crippen molar-refractivity contribution < 1.29 is 4.79 Å². The molecule has 0 aliphatic rings. The molecule has 0 atom stereocenters. The number of benzene rings is 1. The standard InChI is InChI=1S/C14H17N3O/c1-9(2)17-13(6-7-16-17)11-4-5-12(14(15)18)10(3)8-11/h4-9H,1-3H3,(H2,15,18). The fraction of sp³-hybridized carbons (Fsp3) is 0.286. The maximum atomic E-state index is 11.2. The average molecular weight is 243 g/mol. The molecule has 0 aliphatic carbocycles. The van der Waals surface area contributed by atoms with Gasteiger partial charge in [0.1, 0.15) is 0 Å². The summed E-state index contributed by atoms with van der Waals surface area (Å²) in [5, 5.41) is 4.30. The Morgan fingerprint density at radius 1 is 1.33 bits per heavy atom. The number of hydrogen-bond acceptors (Lipinski definition) is 2. The number of primary amides is 1. The Kier molecular flexibility index (Phi) is 3.19. The third kappa shape index (κ3) is 2.14. The van der Waals surface area contributed by atoms with Crippen LogP contribution in [0, 0.1) is 6.92 Å². The summed E-state index contributed by atoms with van der Waals surface area (Å²) < 4.78 is 1.96. The van der Waals surface area contributed by atoms with E-state index in [-0.39, 0.29) is 0 Å². The van der Waals surface area contributed by atoms with Crippen LogP contribution in [0.1, 0.15) is 35.8 Å². The molecule has 0 spiro atoms. The third-order valence-corrected chi connectivity index (χ3v) is 2.95. The molecule has 0 saturated heterocycles. The van der Waals surface area contributed by atoms with E-state index in [1.807, 2.05) is 29.8 Å². The summed E-state index contributed by atoms with van der Waals surface area (Å²) in [5.41, 5.74) is 8.85. The molecule has 0 unspecified atom stereocenters. The number of hydrogen-bond donors (Lipinski definition) is 1. The Labute approximate surface area is 106 Å². The number of nitrogens with two attached hydrogens (primary N) is 1. The van der Waals surface area contributed by atoms with Crippen LogP contribution in [-0.2, 0) is 0 Å². The normalized spacial score (nSPS) is 10.9. The molecule has 1 amide bonds. The average Bonchev–Trinajstić information content (AvgIpc) is 2.77. The first-order valence-corrected chi connectivity index (χ1v) is 5.95. The van der Waals surface area contributed by atoms with Crippen LogP contribution in [0.4, 0.5) is 0 Å². The number of aryl methyl sites for hydroxylation is 1. The van der Waals surface area contributed by atoms with Crippen LogP contribution >= 0.6 is 0 Å². The summed E-state index contributed by atoms with van der Waals surface area (Å²) in [6.07, 6.45) is 1.78. The van der Waals surface area contributed by atoms with E-state index < -0.39 is 5.91 Å². The van der Waals surface area contributed by atoms with E-state index in [4.69, 9.17) is 5.73 Å². The fourth-order valence-corrected chi connectivity index (χ4v) is 2.05. The number of rotatable bonds is 3. The van der Waals surface area contributed by atoms with E-state index in [2.05, 4.69) is 18.9 Å². The molecule has 2 N–H and O–H groups in total. The molecular weight excluding hydrogens is 226 g/mol. The minimum absolute atomic E-state index is 0.297. The SMILES string of the molecule is Cc1cc(-c2ccnn2C(C)C)ccc1C(N)=O. The smallest absolute Gasteiger partial charge is 0.248 e. The van der Waals surface area contributed by atoms with Crippen molar-refractivity contribution >= 4 is 5.91 Å². The van der Waals surface area contributed by atoms with Gasteiger partial charge in [-0.05, 0) is 44.5 Å². The van der Waals surface area contributed by atoms with Gasteiger partial charge in [0.25, 0.3) is 0 Å². The molecule has 0 fully saturated rings. The van der Waals surface area contributed by atoms with Crippen LogP contribution in [-0.4, -0.2) is 15.7 Å². The molecule has 0 radical (unpaired) electrons. The molecule has 94 valence electrons. The molecular formula is C14H17N3O. The molecule has 1 aromatic carbocycles. The van der Waals surface area contributed by atoms with E-state index in [9.17, 15) is 4.79 Å². The largest absolute Gasteiger partial charge is 0.366 e. The van der Waals surface area contributed by atoms with Gasteiger partial charge in [-0.2, -0.15) is 5.10 Å². The van der Waals surface area contributed by atoms with Crippen LogP contribution in [0.25, 0.3) is 11.3 Å². The monoisotopic (exact) mass is 243 g/mol. The highest BCUT2D eigenvalue weighted by Crippen LogP contribution is 2.24. The lowest BCUT2D eigenvalue weighted by Gasteiger charge is -2.12. The van der Waals surface area contributed by atoms with Gasteiger partial charge in [-0.15, -0.1) is 0 Å². The molecule has 1 heterocycles. The van der Waals surface area contributed by atoms with Crippen molar-refractivity contribution in [3.8, 4) is 11.3 Å². The third-order valence-electron chi connectivity index (χ3n) is 2.95. The van der Waals surface area contributed by atoms with Gasteiger partial charge in [-0.1, -0.05) is 6.07 Å². The van der Waals surface area contributed by atoms with E-state index in [0.29, 0.717) is 11.6 Å². The van der Waals surface area contributed by atoms with Gasteiger partial charge in [0, 0.05) is 23.4 Å². The zero-order valence-corrected chi connectivity index (χ0v) is 10.8. The van der Waals surface area contributed by atoms with E-state index in [1.165, 1.54) is 0 Å². The van der Waals surface area contributed by atoms with Crippen molar-refractivity contribution in [2.75, 3.05) is 0 Å². The summed E-state index contributed by atoms with van der Waals surface area (Å²) in [7, 11) is 0. The highest BCUT2D eigenvalue weighted by atomic mass is 16.1. The van der Waals surface area contributed by atoms with Crippen molar-refractivity contribution in [2.24, 2.45) is 5.73 Å². The lowest BCUT2D eigenvalue weighted by molar-refractivity contribution is 0.1000. The van der Waals surface area contributed by atoms with Gasteiger partial charge in [0.2, 0.25) is 5.91 Å². The minimum atomic E-state index is -0.392. The number of carbonyl (C=O) groups is 1. The molecule has 1 aromatic heterocycles. The number of aromatic nitrogens is 2. The van der Waals surface area contributed by atoms with Crippen molar-refractivity contribution in [2.45, 2.75) is 26.8 Å². The summed E-state index contributed by atoms with van der Waals surface area (Å²) in [6, 6.07) is 7.91. The highest BCUT2D eigenvalue weighted by Gasteiger charge is 2.11. The highest BCUT2D eigenvalue weighted by molar-refractivity contribution is 5.94. The Hall–Kier alpha value is -2.10. The predicted octanol–water partition coefficient (Wildman–Crippen LogP) is 2.54. The van der Waals surface area contributed by atoms with E-state index in [0.717, 1.165) is 16.8 Å². The zero-order valence-electron chi connectivity index (χ0n) is 10.8. The van der Waals surface area contributed by atoms with Gasteiger partial charge >= 0.3 is 0 Å². The molecule has 0 saturated carbocycles. The first-order valence-electron chi connectivity index (χ1n) is 5.95. The van der Waals surface area contributed by atoms with E-state index >= 15 is 0 Å². The van der Waals surface area contributed by atoms with Gasteiger partial charge in [-0.25, -0.2) is 0 Å². The summed E-state index contributed by atoms with van der Waals surface area (Å²) in [6.45, 7) is 6.06. The van der Waals surface area contributed by atoms with Gasteiger partial charge in [0.05, 0.1) is 5.69 Å². The van der Waals surface area contributed by atoms with Gasteiger partial charge in [0.15, 0.2) is 0 Å². The summed E-state index contributed by atoms with van der Waals surface area (Å²) in [5.74, 6) is -0.392. The summed E-state index contributed by atoms with van der Waals surface area (Å²) >= 11 is 0. The van der Waals surface area contributed by atoms with Gasteiger partial charge < -0.3 is 5.73 Å². The summed E-state index contributed by atoms with van der Waals surface area (Å²) in [4.78, 5) is 11.2. The first-order chi connectivity index (χ1) is 8.50. The molecule has 4 heteroatoms. The predicted molar refractivity (Wildman–Crippen MR) is 71.3 cm³/mol. The second kappa shape index (κ2) is 4.64. The first kappa shape index (κ1) is 12.4. The van der Waals surface area contributed by atoms with Crippen molar-refractivity contribution in [1.29, 1.82) is 0 Å². The van der Waals surface area contributed by atoms with Crippen LogP contribution < -0.4 is 5.73 Å². The fourth-order valence-electron chi connectivity index (χ4n) is 2.05. The number of nitrogens with zero attached hydrogens (tertiary/aromatic N) is 2. The maximum Gasteiger partial charge on any atom is 0.248 e. The van der Waals surface area contributed by atoms with Crippen LogP contribution in [0.2, 0.25) is 0 Å². The zero-order chi connectivity index (χ0) is 13.3. The molecule has 0 aliphatic heterocycles. The van der Waals surface area contributed by atoms with Crippen molar-refractivity contribution in [1.82, 2.24) is 9.78 Å². The Morgan fingerprint density at radius 3 is 2.61 bits per heavy atom.